The van der Waals surface area contributed by atoms with Crippen LogP contribution in [0.15, 0.2) is 30.3 Å². The van der Waals surface area contributed by atoms with E-state index in [-0.39, 0.29) is 36.2 Å². The average Bonchev–Trinajstić information content (AvgIpc) is 2.71. The molecule has 108 valence electrons. The zero-order chi connectivity index (χ0) is 13.8. The van der Waals surface area contributed by atoms with Crippen molar-refractivity contribution >= 4 is 34.8 Å². The minimum Gasteiger partial charge on any atom is -0.329 e. The number of nitrogens with zero attached hydrogens (tertiary/aromatic N) is 1. The fraction of sp³-hybridized carbons (Fsp3) is 0.308. The summed E-state index contributed by atoms with van der Waals surface area (Å²) in [6.45, 7) is 0. The van der Waals surface area contributed by atoms with E-state index in [9.17, 15) is 14.4 Å². The van der Waals surface area contributed by atoms with Gasteiger partial charge in [0.1, 0.15) is 6.04 Å². The predicted octanol–water partition coefficient (Wildman–Crippen LogP) is 0.741. The first-order chi connectivity index (χ1) is 9.08. The number of hydrogen-bond acceptors (Lipinski definition) is 5. The molecule has 1 saturated heterocycles. The number of hydrogen-bond donors (Lipinski definition) is 1. The quantitative estimate of drug-likeness (QED) is 0.815. The van der Waals surface area contributed by atoms with Crippen LogP contribution in [0.25, 0.3) is 0 Å². The second-order valence-corrected chi connectivity index (χ2v) is 4.29. The minimum absolute atomic E-state index is 0. The van der Waals surface area contributed by atoms with Crippen molar-refractivity contribution < 1.29 is 19.2 Å². The van der Waals surface area contributed by atoms with Crippen molar-refractivity contribution in [3.8, 4) is 0 Å². The van der Waals surface area contributed by atoms with E-state index >= 15 is 0 Å². The molecule has 1 fully saturated rings. The van der Waals surface area contributed by atoms with E-state index in [2.05, 4.69) is 0 Å². The number of benzene rings is 1. The van der Waals surface area contributed by atoms with Gasteiger partial charge >= 0.3 is 5.97 Å². The monoisotopic (exact) mass is 342 g/mol. The van der Waals surface area contributed by atoms with Crippen LogP contribution in [0.3, 0.4) is 0 Å². The van der Waals surface area contributed by atoms with E-state index in [1.54, 1.807) is 0 Å². The molecule has 2 N–H and O–H groups in total. The van der Waals surface area contributed by atoms with Gasteiger partial charge in [-0.2, -0.15) is 0 Å². The lowest BCUT2D eigenvalue weighted by Crippen LogP contribution is -2.41. The molecule has 0 unspecified atom stereocenters. The Balaban J connectivity index is 0.00000200. The summed E-state index contributed by atoms with van der Waals surface area (Å²) < 4.78 is 0. The summed E-state index contributed by atoms with van der Waals surface area (Å²) in [5.74, 6) is -1.80. The highest BCUT2D eigenvalue weighted by molar-refractivity contribution is 8.93. The Morgan fingerprint density at radius 3 is 2.30 bits per heavy atom. The van der Waals surface area contributed by atoms with Gasteiger partial charge in [0.15, 0.2) is 0 Å². The summed E-state index contributed by atoms with van der Waals surface area (Å²) in [5.41, 5.74) is 6.58. The Morgan fingerprint density at radius 1 is 1.20 bits per heavy atom. The van der Waals surface area contributed by atoms with Crippen molar-refractivity contribution in [3.05, 3.63) is 35.9 Å². The number of nitrogens with two attached hydrogens (primary N) is 1. The average molecular weight is 343 g/mol. The molecule has 7 heteroatoms. The third-order valence-electron chi connectivity index (χ3n) is 2.79. The summed E-state index contributed by atoms with van der Waals surface area (Å²) in [4.78, 5) is 39.0. The first kappa shape index (κ1) is 16.3. The highest BCUT2D eigenvalue weighted by Gasteiger charge is 2.34. The molecule has 0 saturated carbocycles. The molecular formula is C13H15BrN2O4. The van der Waals surface area contributed by atoms with Crippen LogP contribution in [0.4, 0.5) is 0 Å². The van der Waals surface area contributed by atoms with Gasteiger partial charge in [-0.25, -0.2) is 4.79 Å². The van der Waals surface area contributed by atoms with Crippen LogP contribution in [-0.2, 0) is 25.6 Å². The molecule has 20 heavy (non-hydrogen) atoms. The van der Waals surface area contributed by atoms with Crippen LogP contribution in [-0.4, -0.2) is 28.9 Å². The SMILES string of the molecule is Br.N[C@@H](Cc1ccccc1)C(=O)ON1C(=O)CCC1=O. The fourth-order valence-electron chi connectivity index (χ4n) is 1.77. The van der Waals surface area contributed by atoms with Crippen LogP contribution in [0.2, 0.25) is 0 Å². The normalized spacial score (nSPS) is 15.8. The van der Waals surface area contributed by atoms with E-state index in [1.165, 1.54) is 0 Å². The Morgan fingerprint density at radius 2 is 1.75 bits per heavy atom. The van der Waals surface area contributed by atoms with Gasteiger partial charge in [-0.3, -0.25) is 9.59 Å². The van der Waals surface area contributed by atoms with Crippen molar-refractivity contribution in [2.24, 2.45) is 5.73 Å². The number of amides is 2. The van der Waals surface area contributed by atoms with E-state index in [4.69, 9.17) is 10.6 Å². The molecule has 1 aromatic rings. The highest BCUT2D eigenvalue weighted by atomic mass is 79.9. The molecule has 1 aromatic carbocycles. The molecule has 0 bridgehead atoms. The van der Waals surface area contributed by atoms with Crippen LogP contribution < -0.4 is 5.73 Å². The molecule has 0 aromatic heterocycles. The summed E-state index contributed by atoms with van der Waals surface area (Å²) in [6, 6.07) is 8.28. The highest BCUT2D eigenvalue weighted by Crippen LogP contribution is 2.13. The molecule has 1 aliphatic rings. The van der Waals surface area contributed by atoms with Crippen molar-refractivity contribution in [2.45, 2.75) is 25.3 Å². The molecular weight excluding hydrogens is 328 g/mol. The van der Waals surface area contributed by atoms with E-state index in [0.29, 0.717) is 5.06 Å². The van der Waals surface area contributed by atoms with Gasteiger partial charge in [-0.1, -0.05) is 30.3 Å². The van der Waals surface area contributed by atoms with Crippen LogP contribution in [0, 0.1) is 0 Å². The second-order valence-electron chi connectivity index (χ2n) is 4.29. The molecule has 1 heterocycles. The van der Waals surface area contributed by atoms with Crippen LogP contribution in [0.1, 0.15) is 18.4 Å². The van der Waals surface area contributed by atoms with Crippen LogP contribution >= 0.6 is 17.0 Å². The third-order valence-corrected chi connectivity index (χ3v) is 2.79. The summed E-state index contributed by atoms with van der Waals surface area (Å²) >= 11 is 0. The minimum atomic E-state index is -0.913. The number of hydroxylamine groups is 2. The van der Waals surface area contributed by atoms with Gasteiger partial charge in [0.05, 0.1) is 0 Å². The maximum absolute atomic E-state index is 11.7. The molecule has 1 aliphatic heterocycles. The van der Waals surface area contributed by atoms with E-state index in [1.807, 2.05) is 30.3 Å². The number of rotatable bonds is 4. The van der Waals surface area contributed by atoms with Crippen molar-refractivity contribution in [3.63, 3.8) is 0 Å². The molecule has 0 aliphatic carbocycles. The lowest BCUT2D eigenvalue weighted by molar-refractivity contribution is -0.198. The zero-order valence-corrected chi connectivity index (χ0v) is 12.4. The smallest absolute Gasteiger partial charge is 0.329 e. The molecule has 0 spiro atoms. The summed E-state index contributed by atoms with van der Waals surface area (Å²) in [5, 5.41) is 0.507. The molecule has 0 radical (unpaired) electrons. The fourth-order valence-corrected chi connectivity index (χ4v) is 1.77. The zero-order valence-electron chi connectivity index (χ0n) is 10.7. The predicted molar refractivity (Wildman–Crippen MR) is 75.6 cm³/mol. The third kappa shape index (κ3) is 3.88. The molecule has 6 nitrogen and oxygen atoms in total. The maximum atomic E-state index is 11.7. The first-order valence-corrected chi connectivity index (χ1v) is 5.95. The lowest BCUT2D eigenvalue weighted by Gasteiger charge is -2.16. The molecule has 2 rings (SSSR count). The Bertz CT molecular complexity index is 490. The number of carbonyl (C=O) groups excluding carboxylic acids is 3. The largest absolute Gasteiger partial charge is 0.350 e. The number of halogens is 1. The maximum Gasteiger partial charge on any atom is 0.350 e. The first-order valence-electron chi connectivity index (χ1n) is 5.95. The van der Waals surface area contributed by atoms with Gasteiger partial charge in [0.2, 0.25) is 0 Å². The number of imide groups is 1. The van der Waals surface area contributed by atoms with Gasteiger partial charge in [-0.15, -0.1) is 22.0 Å². The van der Waals surface area contributed by atoms with Gasteiger partial charge in [0.25, 0.3) is 11.8 Å². The molecule has 2 amide bonds. The van der Waals surface area contributed by atoms with E-state index < -0.39 is 23.8 Å². The Hall–Kier alpha value is -1.73. The van der Waals surface area contributed by atoms with E-state index in [0.717, 1.165) is 5.56 Å². The van der Waals surface area contributed by atoms with Crippen molar-refractivity contribution in [1.29, 1.82) is 0 Å². The van der Waals surface area contributed by atoms with Crippen LogP contribution in [0.5, 0.6) is 0 Å². The van der Waals surface area contributed by atoms with Crippen molar-refractivity contribution in [2.75, 3.05) is 0 Å². The summed E-state index contributed by atoms with van der Waals surface area (Å²) in [6.07, 6.45) is 0.427. The molecule has 1 atom stereocenters. The lowest BCUT2D eigenvalue weighted by atomic mass is 10.1. The number of carbonyl (C=O) groups is 3. The Kier molecular flexibility index (Phi) is 5.84. The van der Waals surface area contributed by atoms with Gasteiger partial charge < -0.3 is 10.6 Å². The van der Waals surface area contributed by atoms with Gasteiger partial charge in [0, 0.05) is 12.8 Å². The van der Waals surface area contributed by atoms with Gasteiger partial charge in [-0.05, 0) is 12.0 Å². The topological polar surface area (TPSA) is 89.7 Å². The van der Waals surface area contributed by atoms with Crippen molar-refractivity contribution in [1.82, 2.24) is 5.06 Å². The second kappa shape index (κ2) is 7.16. The Labute approximate surface area is 126 Å². The standard InChI is InChI=1S/C13H14N2O4.BrH/c14-10(8-9-4-2-1-3-5-9)13(18)19-15-11(16)6-7-12(15)17;/h1-5,10H,6-8,14H2;1H/t10-;/m0./s1. The summed E-state index contributed by atoms with van der Waals surface area (Å²) in [7, 11) is 0.